The summed E-state index contributed by atoms with van der Waals surface area (Å²) in [6, 6.07) is 2.04. The fraction of sp³-hybridized carbons (Fsp3) is 0.364. The molecule has 18 heavy (non-hydrogen) atoms. The van der Waals surface area contributed by atoms with Crippen molar-refractivity contribution in [3.63, 3.8) is 0 Å². The summed E-state index contributed by atoms with van der Waals surface area (Å²) in [5.74, 6) is -0.691. The first-order chi connectivity index (χ1) is 8.24. The van der Waals surface area contributed by atoms with E-state index in [9.17, 15) is 18.0 Å². The van der Waals surface area contributed by atoms with E-state index >= 15 is 0 Å². The van der Waals surface area contributed by atoms with Gasteiger partial charge in [0.15, 0.2) is 0 Å². The lowest BCUT2D eigenvalue weighted by molar-refractivity contribution is -0.142. The number of alkyl halides is 3. The van der Waals surface area contributed by atoms with Gasteiger partial charge in [0.1, 0.15) is 6.04 Å². The SMILES string of the molecule is COC(=O)[C@H](N)Cc1cc(Cl)cc(C(F)(F)F)c1. The van der Waals surface area contributed by atoms with Crippen LogP contribution in [0.5, 0.6) is 0 Å². The van der Waals surface area contributed by atoms with Gasteiger partial charge in [-0.15, -0.1) is 0 Å². The molecular formula is C11H11ClF3NO2. The maximum Gasteiger partial charge on any atom is 0.416 e. The second kappa shape index (κ2) is 5.58. The summed E-state index contributed by atoms with van der Waals surface area (Å²) in [4.78, 5) is 11.1. The van der Waals surface area contributed by atoms with Crippen LogP contribution in [0.15, 0.2) is 18.2 Å². The van der Waals surface area contributed by atoms with Gasteiger partial charge in [-0.2, -0.15) is 13.2 Å². The molecule has 1 atom stereocenters. The van der Waals surface area contributed by atoms with Crippen LogP contribution in [0.4, 0.5) is 13.2 Å². The molecule has 0 bridgehead atoms. The van der Waals surface area contributed by atoms with Crippen LogP contribution in [0.1, 0.15) is 11.1 Å². The van der Waals surface area contributed by atoms with Crippen LogP contribution in [0.2, 0.25) is 5.02 Å². The lowest BCUT2D eigenvalue weighted by atomic mass is 10.0. The van der Waals surface area contributed by atoms with Crippen LogP contribution >= 0.6 is 11.6 Å². The zero-order valence-corrected chi connectivity index (χ0v) is 10.2. The van der Waals surface area contributed by atoms with E-state index in [0.29, 0.717) is 0 Å². The van der Waals surface area contributed by atoms with Crippen LogP contribution < -0.4 is 5.73 Å². The number of benzene rings is 1. The minimum atomic E-state index is -4.49. The number of hydrogen-bond acceptors (Lipinski definition) is 3. The average Bonchev–Trinajstić information content (AvgIpc) is 2.25. The zero-order valence-electron chi connectivity index (χ0n) is 9.42. The lowest BCUT2D eigenvalue weighted by Crippen LogP contribution is -2.33. The lowest BCUT2D eigenvalue weighted by Gasteiger charge is -2.12. The fourth-order valence-corrected chi connectivity index (χ4v) is 1.68. The first kappa shape index (κ1) is 14.8. The second-order valence-corrected chi connectivity index (χ2v) is 4.12. The number of methoxy groups -OCH3 is 1. The van der Waals surface area contributed by atoms with Crippen LogP contribution in [-0.2, 0) is 22.1 Å². The van der Waals surface area contributed by atoms with E-state index in [1.807, 2.05) is 0 Å². The van der Waals surface area contributed by atoms with Crippen molar-refractivity contribution >= 4 is 17.6 Å². The number of nitrogens with two attached hydrogens (primary N) is 1. The van der Waals surface area contributed by atoms with E-state index in [2.05, 4.69) is 4.74 Å². The summed E-state index contributed by atoms with van der Waals surface area (Å²) in [5, 5.41) is -0.0584. The van der Waals surface area contributed by atoms with Crippen LogP contribution in [0.3, 0.4) is 0 Å². The average molecular weight is 282 g/mol. The number of ether oxygens (including phenoxy) is 1. The molecule has 0 amide bonds. The monoisotopic (exact) mass is 281 g/mol. The highest BCUT2D eigenvalue weighted by Crippen LogP contribution is 2.32. The normalized spacial score (nSPS) is 13.2. The number of halogens is 4. The standard InChI is InChI=1S/C11H11ClF3NO2/c1-18-10(17)9(16)4-6-2-7(11(13,14)15)5-8(12)3-6/h2-3,5,9H,4,16H2,1H3/t9-/m1/s1. The van der Waals surface area contributed by atoms with Gasteiger partial charge in [-0.05, 0) is 30.2 Å². The molecule has 0 aliphatic carbocycles. The predicted octanol–water partition coefficient (Wildman–Crippen LogP) is 2.40. The molecule has 0 saturated carbocycles. The van der Waals surface area contributed by atoms with Gasteiger partial charge in [0.25, 0.3) is 0 Å². The molecule has 100 valence electrons. The molecule has 0 fully saturated rings. The number of hydrogen-bond donors (Lipinski definition) is 1. The molecule has 7 heteroatoms. The molecule has 0 aromatic heterocycles. The largest absolute Gasteiger partial charge is 0.468 e. The van der Waals surface area contributed by atoms with Gasteiger partial charge in [0, 0.05) is 5.02 Å². The Balaban J connectivity index is 2.97. The molecule has 1 aromatic rings. The van der Waals surface area contributed by atoms with Gasteiger partial charge in [-0.3, -0.25) is 4.79 Å². The van der Waals surface area contributed by atoms with Crippen molar-refractivity contribution in [2.45, 2.75) is 18.6 Å². The topological polar surface area (TPSA) is 52.3 Å². The predicted molar refractivity (Wildman–Crippen MR) is 60.1 cm³/mol. The minimum absolute atomic E-state index is 0.0584. The summed E-state index contributed by atoms with van der Waals surface area (Å²) < 4.78 is 42.0. The molecule has 0 aliphatic heterocycles. The summed E-state index contributed by atoms with van der Waals surface area (Å²) >= 11 is 5.60. The Hall–Kier alpha value is -1.27. The highest BCUT2D eigenvalue weighted by Gasteiger charge is 2.31. The van der Waals surface area contributed by atoms with E-state index in [4.69, 9.17) is 17.3 Å². The Morgan fingerprint density at radius 2 is 2.06 bits per heavy atom. The Bertz CT molecular complexity index is 448. The summed E-state index contributed by atoms with van der Waals surface area (Å²) in [7, 11) is 1.15. The summed E-state index contributed by atoms with van der Waals surface area (Å²) in [6.07, 6.45) is -4.56. The number of rotatable bonds is 3. The van der Waals surface area contributed by atoms with E-state index < -0.39 is 23.8 Å². The summed E-state index contributed by atoms with van der Waals surface area (Å²) in [6.45, 7) is 0. The molecule has 0 aliphatic rings. The number of carbonyl (C=O) groups excluding carboxylic acids is 1. The summed E-state index contributed by atoms with van der Waals surface area (Å²) in [5.41, 5.74) is 4.83. The maximum absolute atomic E-state index is 12.5. The van der Waals surface area contributed by atoms with Gasteiger partial charge in [0.2, 0.25) is 0 Å². The van der Waals surface area contributed by atoms with E-state index in [1.165, 1.54) is 6.07 Å². The third kappa shape index (κ3) is 3.89. The van der Waals surface area contributed by atoms with Gasteiger partial charge >= 0.3 is 12.1 Å². The smallest absolute Gasteiger partial charge is 0.416 e. The van der Waals surface area contributed by atoms with Crippen molar-refractivity contribution < 1.29 is 22.7 Å². The highest BCUT2D eigenvalue weighted by molar-refractivity contribution is 6.30. The Morgan fingerprint density at radius 1 is 1.44 bits per heavy atom. The zero-order chi connectivity index (χ0) is 13.9. The molecule has 2 N–H and O–H groups in total. The Kier molecular flexibility index (Phi) is 4.59. The first-order valence-corrected chi connectivity index (χ1v) is 5.32. The Morgan fingerprint density at radius 3 is 2.56 bits per heavy atom. The third-order valence-corrected chi connectivity index (χ3v) is 2.46. The molecule has 0 saturated heterocycles. The molecule has 0 heterocycles. The van der Waals surface area contributed by atoms with Crippen LogP contribution in [0, 0.1) is 0 Å². The van der Waals surface area contributed by atoms with Crippen molar-refractivity contribution in [1.82, 2.24) is 0 Å². The van der Waals surface area contributed by atoms with Gasteiger partial charge in [-0.1, -0.05) is 11.6 Å². The van der Waals surface area contributed by atoms with Crippen molar-refractivity contribution in [2.24, 2.45) is 5.73 Å². The second-order valence-electron chi connectivity index (χ2n) is 3.68. The van der Waals surface area contributed by atoms with Crippen molar-refractivity contribution in [3.05, 3.63) is 34.3 Å². The Labute approximate surface area is 107 Å². The van der Waals surface area contributed by atoms with E-state index in [1.54, 1.807) is 0 Å². The quantitative estimate of drug-likeness (QED) is 0.866. The van der Waals surface area contributed by atoms with Crippen LogP contribution in [0.25, 0.3) is 0 Å². The van der Waals surface area contributed by atoms with Gasteiger partial charge in [-0.25, -0.2) is 0 Å². The molecule has 0 radical (unpaired) electrons. The number of esters is 1. The third-order valence-electron chi connectivity index (χ3n) is 2.24. The van der Waals surface area contributed by atoms with Crippen molar-refractivity contribution in [2.75, 3.05) is 7.11 Å². The van der Waals surface area contributed by atoms with Gasteiger partial charge in [0.05, 0.1) is 12.7 Å². The maximum atomic E-state index is 12.5. The molecule has 3 nitrogen and oxygen atoms in total. The van der Waals surface area contributed by atoms with Crippen molar-refractivity contribution in [1.29, 1.82) is 0 Å². The van der Waals surface area contributed by atoms with E-state index in [-0.39, 0.29) is 17.0 Å². The molecule has 0 spiro atoms. The van der Waals surface area contributed by atoms with Crippen LogP contribution in [-0.4, -0.2) is 19.1 Å². The molecular weight excluding hydrogens is 271 g/mol. The molecule has 1 aromatic carbocycles. The molecule has 1 rings (SSSR count). The highest BCUT2D eigenvalue weighted by atomic mass is 35.5. The fourth-order valence-electron chi connectivity index (χ4n) is 1.42. The first-order valence-electron chi connectivity index (χ1n) is 4.94. The van der Waals surface area contributed by atoms with Crippen molar-refractivity contribution in [3.8, 4) is 0 Å². The number of carbonyl (C=O) groups is 1. The van der Waals surface area contributed by atoms with E-state index in [0.717, 1.165) is 19.2 Å². The molecule has 0 unspecified atom stereocenters. The minimum Gasteiger partial charge on any atom is -0.468 e. The van der Waals surface area contributed by atoms with Gasteiger partial charge < -0.3 is 10.5 Å².